The number of carbonyl (C=O) groups excluding carboxylic acids is 4. The fourth-order valence-corrected chi connectivity index (χ4v) is 4.28. The predicted molar refractivity (Wildman–Crippen MR) is 170 cm³/mol. The number of non-ortho nitro benzene ring substituents is 2. The first-order valence-electron chi connectivity index (χ1n) is 14.5. The Bertz CT molecular complexity index is 1530. The minimum Gasteiger partial charge on any atom is -0.368 e. The molecule has 0 fully saturated rings. The number of rotatable bonds is 16. The van der Waals surface area contributed by atoms with E-state index in [0.717, 1.165) is 18.2 Å². The van der Waals surface area contributed by atoms with Crippen molar-refractivity contribution in [3.8, 4) is 0 Å². The zero-order valence-corrected chi connectivity index (χ0v) is 26.7. The first-order valence-corrected chi connectivity index (χ1v) is 14.5. The van der Waals surface area contributed by atoms with E-state index in [1.807, 2.05) is 13.8 Å². The number of nitrogens with one attached hydrogen (secondary N) is 5. The molecule has 0 aliphatic heterocycles. The highest BCUT2D eigenvalue weighted by Crippen LogP contribution is 2.30. The third kappa shape index (κ3) is 11.0. The van der Waals surface area contributed by atoms with Crippen LogP contribution in [0.2, 0.25) is 0 Å². The van der Waals surface area contributed by atoms with E-state index in [1.165, 1.54) is 38.1 Å². The van der Waals surface area contributed by atoms with Gasteiger partial charge in [-0.05, 0) is 50.3 Å². The van der Waals surface area contributed by atoms with E-state index >= 15 is 0 Å². The molecule has 0 aromatic heterocycles. The maximum atomic E-state index is 13.2. The zero-order chi connectivity index (χ0) is 35.6. The molecule has 0 saturated heterocycles. The van der Waals surface area contributed by atoms with Crippen molar-refractivity contribution in [3.05, 3.63) is 72.8 Å². The third-order valence-electron chi connectivity index (χ3n) is 6.77. The topological polar surface area (TPSA) is 258 Å². The van der Waals surface area contributed by atoms with E-state index in [4.69, 9.17) is 0 Å². The molecule has 0 radical (unpaired) electrons. The fraction of sp³-hybridized carbons (Fsp3) is 0.448. The molecule has 254 valence electrons. The van der Waals surface area contributed by atoms with Crippen molar-refractivity contribution in [3.63, 3.8) is 0 Å². The number of carbonyl (C=O) groups is 4. The van der Waals surface area contributed by atoms with Crippen LogP contribution in [0, 0.1) is 42.2 Å². The summed E-state index contributed by atoms with van der Waals surface area (Å²) >= 11 is 0. The van der Waals surface area contributed by atoms with E-state index in [-0.39, 0.29) is 29.4 Å². The maximum Gasteiger partial charge on any atom is 0.299 e. The Balaban J connectivity index is 2.06. The standard InChI is InChI=1S/C29H38N8O10/c1-16(2)13-22(26(39)31-18-7-9-19(10-8-18)35(42)43)32-24(38)15-30-28(41)29(5,6)34-27(40)25(17(3)4)33-21-12-11-20(36(44)45)14-23(21)37(46)47/h7-12,14,16-17,22,25,33H,13,15H2,1-6H3,(H,30,41)(H,31,39)(H,32,38)(H,34,40)/t22-,25-/m0/s1. The van der Waals surface area contributed by atoms with Gasteiger partial charge in [0.05, 0.1) is 27.4 Å². The van der Waals surface area contributed by atoms with Crippen molar-refractivity contribution in [2.45, 2.75) is 65.6 Å². The molecule has 0 heterocycles. The van der Waals surface area contributed by atoms with Crippen molar-refractivity contribution in [2.24, 2.45) is 11.8 Å². The number of nitro benzene ring substituents is 3. The molecule has 4 amide bonds. The molecule has 2 rings (SSSR count). The van der Waals surface area contributed by atoms with Gasteiger partial charge in [-0.15, -0.1) is 0 Å². The number of amides is 4. The molecule has 2 aromatic carbocycles. The van der Waals surface area contributed by atoms with Crippen LogP contribution in [0.15, 0.2) is 42.5 Å². The van der Waals surface area contributed by atoms with E-state index in [0.29, 0.717) is 0 Å². The average Bonchev–Trinajstić information content (AvgIpc) is 2.97. The highest BCUT2D eigenvalue weighted by Gasteiger charge is 2.35. The molecule has 0 aliphatic carbocycles. The monoisotopic (exact) mass is 658 g/mol. The summed E-state index contributed by atoms with van der Waals surface area (Å²) in [5.41, 5.74) is -2.70. The van der Waals surface area contributed by atoms with Gasteiger partial charge >= 0.3 is 0 Å². The van der Waals surface area contributed by atoms with Crippen LogP contribution in [-0.2, 0) is 19.2 Å². The van der Waals surface area contributed by atoms with Gasteiger partial charge in [-0.2, -0.15) is 0 Å². The van der Waals surface area contributed by atoms with Crippen LogP contribution >= 0.6 is 0 Å². The summed E-state index contributed by atoms with van der Waals surface area (Å²) < 4.78 is 0. The summed E-state index contributed by atoms with van der Waals surface area (Å²) in [5.74, 6) is -3.19. The first-order chi connectivity index (χ1) is 21.8. The molecular weight excluding hydrogens is 620 g/mol. The molecule has 18 heteroatoms. The lowest BCUT2D eigenvalue weighted by Crippen LogP contribution is -2.59. The van der Waals surface area contributed by atoms with Crippen molar-refractivity contribution in [1.82, 2.24) is 16.0 Å². The number of nitrogens with zero attached hydrogens (tertiary/aromatic N) is 3. The van der Waals surface area contributed by atoms with Crippen LogP contribution < -0.4 is 26.6 Å². The highest BCUT2D eigenvalue weighted by atomic mass is 16.6. The normalized spacial score (nSPS) is 12.4. The summed E-state index contributed by atoms with van der Waals surface area (Å²) in [6.45, 7) is 9.19. The highest BCUT2D eigenvalue weighted by molar-refractivity contribution is 5.99. The minimum absolute atomic E-state index is 0.0124. The zero-order valence-electron chi connectivity index (χ0n) is 26.7. The van der Waals surface area contributed by atoms with Gasteiger partial charge in [0.1, 0.15) is 23.3 Å². The van der Waals surface area contributed by atoms with Gasteiger partial charge in [-0.25, -0.2) is 0 Å². The van der Waals surface area contributed by atoms with Crippen molar-refractivity contribution < 1.29 is 33.9 Å². The molecule has 0 spiro atoms. The average molecular weight is 659 g/mol. The Morgan fingerprint density at radius 3 is 1.89 bits per heavy atom. The summed E-state index contributed by atoms with van der Waals surface area (Å²) in [6.07, 6.45) is 0.247. The van der Waals surface area contributed by atoms with Crippen LogP contribution in [0.1, 0.15) is 48.0 Å². The molecule has 0 aliphatic rings. The van der Waals surface area contributed by atoms with Crippen LogP contribution in [0.3, 0.4) is 0 Å². The molecule has 2 atom stereocenters. The van der Waals surface area contributed by atoms with Gasteiger partial charge in [0.15, 0.2) is 0 Å². The van der Waals surface area contributed by atoms with Gasteiger partial charge in [0, 0.05) is 23.9 Å². The lowest BCUT2D eigenvalue weighted by Gasteiger charge is -2.30. The van der Waals surface area contributed by atoms with Crippen molar-refractivity contribution in [2.75, 3.05) is 17.2 Å². The number of benzene rings is 2. The van der Waals surface area contributed by atoms with Gasteiger partial charge in [0.2, 0.25) is 23.6 Å². The van der Waals surface area contributed by atoms with Crippen LogP contribution in [0.4, 0.5) is 28.4 Å². The minimum atomic E-state index is -1.57. The summed E-state index contributed by atoms with van der Waals surface area (Å²) in [4.78, 5) is 83.2. The first kappa shape index (κ1) is 37.5. The Labute approximate surface area is 269 Å². The second-order valence-electron chi connectivity index (χ2n) is 11.9. The molecule has 18 nitrogen and oxygen atoms in total. The van der Waals surface area contributed by atoms with E-state index in [9.17, 15) is 49.5 Å². The van der Waals surface area contributed by atoms with Crippen molar-refractivity contribution >= 4 is 52.1 Å². The van der Waals surface area contributed by atoms with Gasteiger partial charge in [-0.1, -0.05) is 27.7 Å². The molecule has 0 unspecified atom stereocenters. The molecule has 5 N–H and O–H groups in total. The Kier molecular flexibility index (Phi) is 12.8. The van der Waals surface area contributed by atoms with E-state index in [2.05, 4.69) is 26.6 Å². The molecule has 0 bridgehead atoms. The fourth-order valence-electron chi connectivity index (χ4n) is 4.28. The largest absolute Gasteiger partial charge is 0.368 e. The van der Waals surface area contributed by atoms with E-state index < -0.39 is 79.9 Å². The second-order valence-corrected chi connectivity index (χ2v) is 11.9. The van der Waals surface area contributed by atoms with Gasteiger partial charge in [-0.3, -0.25) is 49.5 Å². The third-order valence-corrected chi connectivity index (χ3v) is 6.77. The lowest BCUT2D eigenvalue weighted by molar-refractivity contribution is -0.393. The Hall–Kier alpha value is -5.68. The molecule has 2 aromatic rings. The van der Waals surface area contributed by atoms with Gasteiger partial charge < -0.3 is 26.6 Å². The lowest BCUT2D eigenvalue weighted by atomic mass is 9.99. The summed E-state index contributed by atoms with van der Waals surface area (Å²) in [7, 11) is 0. The smallest absolute Gasteiger partial charge is 0.299 e. The number of hydrogen-bond acceptors (Lipinski definition) is 11. The van der Waals surface area contributed by atoms with E-state index in [1.54, 1.807) is 13.8 Å². The molecule has 47 heavy (non-hydrogen) atoms. The number of hydrogen-bond donors (Lipinski definition) is 5. The Morgan fingerprint density at radius 1 is 0.809 bits per heavy atom. The number of nitro groups is 3. The maximum absolute atomic E-state index is 13.2. The number of anilines is 2. The summed E-state index contributed by atoms with van der Waals surface area (Å²) in [6, 6.07) is 6.00. The predicted octanol–water partition coefficient (Wildman–Crippen LogP) is 3.03. The second kappa shape index (κ2) is 16.1. The van der Waals surface area contributed by atoms with Crippen LogP contribution in [-0.4, -0.2) is 62.6 Å². The summed E-state index contributed by atoms with van der Waals surface area (Å²) in [5, 5.41) is 46.4. The molecule has 0 saturated carbocycles. The Morgan fingerprint density at radius 2 is 1.38 bits per heavy atom. The SMILES string of the molecule is CC(C)C[C@H](NC(=O)CNC(=O)C(C)(C)NC(=O)[C@@H](Nc1ccc([N+](=O)[O-])cc1[N+](=O)[O-])C(C)C)C(=O)Nc1ccc([N+](=O)[O-])cc1. The quantitative estimate of drug-likeness (QED) is 0.129. The van der Waals surface area contributed by atoms with Crippen LogP contribution in [0.5, 0.6) is 0 Å². The van der Waals surface area contributed by atoms with Gasteiger partial charge in [0.25, 0.3) is 17.1 Å². The molecular formula is C29H38N8O10. The van der Waals surface area contributed by atoms with Crippen molar-refractivity contribution in [1.29, 1.82) is 0 Å². The van der Waals surface area contributed by atoms with Crippen LogP contribution in [0.25, 0.3) is 0 Å².